The number of rotatable bonds is 2. The lowest BCUT2D eigenvalue weighted by atomic mass is 10.2. The van der Waals surface area contributed by atoms with Crippen molar-refractivity contribution in [3.8, 4) is 5.69 Å². The molecule has 0 unspecified atom stereocenters. The van der Waals surface area contributed by atoms with Gasteiger partial charge in [-0.2, -0.15) is 0 Å². The highest BCUT2D eigenvalue weighted by atomic mass is 16.4. The van der Waals surface area contributed by atoms with Crippen LogP contribution in [0.4, 0.5) is 0 Å². The van der Waals surface area contributed by atoms with Crippen LogP contribution < -0.4 is 0 Å². The fourth-order valence-corrected chi connectivity index (χ4v) is 1.95. The average Bonchev–Trinajstić information content (AvgIpc) is 2.82. The zero-order valence-corrected chi connectivity index (χ0v) is 9.45. The molecule has 0 amide bonds. The molecule has 0 aliphatic carbocycles. The largest absolute Gasteiger partial charge is 0.478 e. The number of carboxylic acid groups (broad SMARTS) is 1. The molecule has 1 aromatic heterocycles. The van der Waals surface area contributed by atoms with E-state index in [-0.39, 0.29) is 5.56 Å². The number of para-hydroxylation sites is 2. The number of hydrogen-bond donors (Lipinski definition) is 1. The smallest absolute Gasteiger partial charge is 0.335 e. The third-order valence-corrected chi connectivity index (χ3v) is 2.82. The van der Waals surface area contributed by atoms with Crippen LogP contribution in [0.25, 0.3) is 16.7 Å². The molecule has 18 heavy (non-hydrogen) atoms. The average molecular weight is 238 g/mol. The minimum atomic E-state index is -0.929. The Hall–Kier alpha value is -2.62. The topological polar surface area (TPSA) is 55.1 Å². The molecule has 1 heterocycles. The quantitative estimate of drug-likeness (QED) is 0.746. The van der Waals surface area contributed by atoms with Crippen LogP contribution in [0.1, 0.15) is 10.4 Å². The van der Waals surface area contributed by atoms with Gasteiger partial charge in [-0.05, 0) is 30.3 Å². The summed E-state index contributed by atoms with van der Waals surface area (Å²) >= 11 is 0. The summed E-state index contributed by atoms with van der Waals surface area (Å²) in [5, 5.41) is 9.00. The van der Waals surface area contributed by atoms with E-state index in [9.17, 15) is 4.79 Å². The summed E-state index contributed by atoms with van der Waals surface area (Å²) in [6, 6.07) is 14.5. The molecule has 0 bridgehead atoms. The van der Waals surface area contributed by atoms with E-state index in [0.29, 0.717) is 0 Å². The van der Waals surface area contributed by atoms with Gasteiger partial charge < -0.3 is 5.11 Å². The maximum Gasteiger partial charge on any atom is 0.335 e. The third kappa shape index (κ3) is 1.64. The molecular weight excluding hydrogens is 228 g/mol. The van der Waals surface area contributed by atoms with E-state index in [0.717, 1.165) is 16.7 Å². The zero-order chi connectivity index (χ0) is 12.5. The molecule has 4 nitrogen and oxygen atoms in total. The predicted molar refractivity (Wildman–Crippen MR) is 68.0 cm³/mol. The van der Waals surface area contributed by atoms with Crippen LogP contribution in [-0.2, 0) is 0 Å². The van der Waals surface area contributed by atoms with Gasteiger partial charge >= 0.3 is 5.97 Å². The van der Waals surface area contributed by atoms with Crippen molar-refractivity contribution in [2.45, 2.75) is 0 Å². The van der Waals surface area contributed by atoms with Crippen LogP contribution in [0, 0.1) is 0 Å². The third-order valence-electron chi connectivity index (χ3n) is 2.82. The van der Waals surface area contributed by atoms with Crippen molar-refractivity contribution in [1.82, 2.24) is 9.55 Å². The van der Waals surface area contributed by atoms with Crippen LogP contribution in [0.3, 0.4) is 0 Å². The fourth-order valence-electron chi connectivity index (χ4n) is 1.95. The first kappa shape index (κ1) is 10.5. The molecule has 3 aromatic rings. The number of carbonyl (C=O) groups is 1. The molecule has 1 N–H and O–H groups in total. The van der Waals surface area contributed by atoms with Gasteiger partial charge in [-0.1, -0.05) is 18.2 Å². The summed E-state index contributed by atoms with van der Waals surface area (Å²) in [7, 11) is 0. The van der Waals surface area contributed by atoms with Crippen molar-refractivity contribution < 1.29 is 9.90 Å². The molecule has 0 fully saturated rings. The van der Waals surface area contributed by atoms with E-state index in [1.165, 1.54) is 0 Å². The number of fused-ring (bicyclic) bond motifs is 1. The molecule has 0 saturated carbocycles. The maximum atomic E-state index is 11.0. The summed E-state index contributed by atoms with van der Waals surface area (Å²) in [4.78, 5) is 15.2. The highest BCUT2D eigenvalue weighted by Gasteiger charge is 2.07. The summed E-state index contributed by atoms with van der Waals surface area (Å²) in [6.07, 6.45) is 1.70. The Morgan fingerprint density at radius 3 is 2.78 bits per heavy atom. The van der Waals surface area contributed by atoms with Gasteiger partial charge in [0.2, 0.25) is 0 Å². The second kappa shape index (κ2) is 4.00. The lowest BCUT2D eigenvalue weighted by Gasteiger charge is -2.05. The molecule has 88 valence electrons. The number of imidazole rings is 1. The fraction of sp³-hybridized carbons (Fsp3) is 0. The SMILES string of the molecule is O=C(O)c1cccc(-n2cnc3ccccc32)c1. The van der Waals surface area contributed by atoms with Crippen molar-refractivity contribution in [2.75, 3.05) is 0 Å². The number of hydrogen-bond acceptors (Lipinski definition) is 2. The first-order chi connectivity index (χ1) is 8.75. The highest BCUT2D eigenvalue weighted by molar-refractivity contribution is 5.88. The predicted octanol–water partition coefficient (Wildman–Crippen LogP) is 2.72. The molecule has 0 saturated heterocycles. The molecule has 0 atom stereocenters. The van der Waals surface area contributed by atoms with E-state index >= 15 is 0 Å². The van der Waals surface area contributed by atoms with Crippen molar-refractivity contribution >= 4 is 17.0 Å². The van der Waals surface area contributed by atoms with E-state index in [1.807, 2.05) is 34.9 Å². The monoisotopic (exact) mass is 238 g/mol. The number of aromatic carboxylic acids is 1. The van der Waals surface area contributed by atoms with Gasteiger partial charge in [0.1, 0.15) is 6.33 Å². The van der Waals surface area contributed by atoms with Crippen molar-refractivity contribution in [3.05, 3.63) is 60.4 Å². The van der Waals surface area contributed by atoms with Gasteiger partial charge in [0.25, 0.3) is 0 Å². The van der Waals surface area contributed by atoms with Gasteiger partial charge in [-0.25, -0.2) is 9.78 Å². The van der Waals surface area contributed by atoms with Crippen LogP contribution >= 0.6 is 0 Å². The Kier molecular flexibility index (Phi) is 2.34. The molecule has 2 aromatic carbocycles. The number of aromatic nitrogens is 2. The maximum absolute atomic E-state index is 11.0. The summed E-state index contributed by atoms with van der Waals surface area (Å²) in [5.41, 5.74) is 2.91. The Balaban J connectivity index is 2.20. The summed E-state index contributed by atoms with van der Waals surface area (Å²) in [5.74, 6) is -0.929. The summed E-state index contributed by atoms with van der Waals surface area (Å²) < 4.78 is 1.88. The van der Waals surface area contributed by atoms with Crippen LogP contribution in [0.2, 0.25) is 0 Å². The zero-order valence-electron chi connectivity index (χ0n) is 9.45. The van der Waals surface area contributed by atoms with Crippen molar-refractivity contribution in [2.24, 2.45) is 0 Å². The number of nitrogens with zero attached hydrogens (tertiary/aromatic N) is 2. The summed E-state index contributed by atoms with van der Waals surface area (Å²) in [6.45, 7) is 0. The van der Waals surface area contributed by atoms with Crippen LogP contribution in [0.15, 0.2) is 54.9 Å². The second-order valence-corrected chi connectivity index (χ2v) is 3.96. The second-order valence-electron chi connectivity index (χ2n) is 3.96. The van der Waals surface area contributed by atoms with Crippen molar-refractivity contribution in [3.63, 3.8) is 0 Å². The van der Waals surface area contributed by atoms with Gasteiger partial charge in [0.15, 0.2) is 0 Å². The molecule has 0 aliphatic heterocycles. The molecule has 4 heteroatoms. The van der Waals surface area contributed by atoms with E-state index in [4.69, 9.17) is 5.11 Å². The van der Waals surface area contributed by atoms with Crippen molar-refractivity contribution in [1.29, 1.82) is 0 Å². The first-order valence-electron chi connectivity index (χ1n) is 5.51. The standard InChI is InChI=1S/C14H10N2O2/c17-14(18)10-4-3-5-11(8-10)16-9-15-12-6-1-2-7-13(12)16/h1-9H,(H,17,18). The van der Waals surface area contributed by atoms with E-state index in [1.54, 1.807) is 24.5 Å². The Labute approximate surface area is 103 Å². The number of carboxylic acids is 1. The van der Waals surface area contributed by atoms with Gasteiger partial charge in [-0.3, -0.25) is 4.57 Å². The molecule has 0 radical (unpaired) electrons. The number of benzene rings is 2. The molecule has 0 aliphatic rings. The minimum absolute atomic E-state index is 0.269. The minimum Gasteiger partial charge on any atom is -0.478 e. The Bertz CT molecular complexity index is 731. The molecule has 3 rings (SSSR count). The Morgan fingerprint density at radius 2 is 1.94 bits per heavy atom. The van der Waals surface area contributed by atoms with E-state index in [2.05, 4.69) is 4.98 Å². The highest BCUT2D eigenvalue weighted by Crippen LogP contribution is 2.18. The van der Waals surface area contributed by atoms with Crippen LogP contribution in [-0.4, -0.2) is 20.6 Å². The van der Waals surface area contributed by atoms with Gasteiger partial charge in [-0.15, -0.1) is 0 Å². The first-order valence-corrected chi connectivity index (χ1v) is 5.51. The van der Waals surface area contributed by atoms with Gasteiger partial charge in [0, 0.05) is 5.69 Å². The van der Waals surface area contributed by atoms with Crippen LogP contribution in [0.5, 0.6) is 0 Å². The lowest BCUT2D eigenvalue weighted by Crippen LogP contribution is -1.99. The normalized spacial score (nSPS) is 10.7. The van der Waals surface area contributed by atoms with Gasteiger partial charge in [0.05, 0.1) is 16.6 Å². The Morgan fingerprint density at radius 1 is 1.11 bits per heavy atom. The molecule has 0 spiro atoms. The molecular formula is C14H10N2O2. The lowest BCUT2D eigenvalue weighted by molar-refractivity contribution is 0.0697. The van der Waals surface area contributed by atoms with E-state index < -0.39 is 5.97 Å².